The molecule has 0 radical (unpaired) electrons. The molecule has 1 atom stereocenters. The van der Waals surface area contributed by atoms with E-state index in [-0.39, 0.29) is 29.9 Å². The fraction of sp³-hybridized carbons (Fsp3) is 0.636. The molecule has 1 aromatic carbocycles. The van der Waals surface area contributed by atoms with Gasteiger partial charge in [0.2, 0.25) is 5.91 Å². The minimum atomic E-state index is 0. The Kier molecular flexibility index (Phi) is 10.2. The van der Waals surface area contributed by atoms with Gasteiger partial charge in [0.1, 0.15) is 0 Å². The maximum Gasteiger partial charge on any atom is 0.219 e. The Labute approximate surface area is 192 Å². The molecule has 1 amide bonds. The van der Waals surface area contributed by atoms with Gasteiger partial charge in [0.25, 0.3) is 0 Å². The number of nitrogens with one attached hydrogen (secondary N) is 1. The zero-order chi connectivity index (χ0) is 19.8. The molecule has 1 unspecified atom stereocenters. The number of likely N-dealkylation sites (tertiary alicyclic amines) is 1. The molecule has 1 N–H and O–H groups in total. The quantitative estimate of drug-likeness (QED) is 0.361. The highest BCUT2D eigenvalue weighted by Crippen LogP contribution is 2.20. The van der Waals surface area contributed by atoms with E-state index in [9.17, 15) is 4.79 Å². The summed E-state index contributed by atoms with van der Waals surface area (Å²) < 4.78 is 0. The van der Waals surface area contributed by atoms with E-state index in [1.165, 1.54) is 12.0 Å². The van der Waals surface area contributed by atoms with Gasteiger partial charge in [-0.1, -0.05) is 30.3 Å². The highest BCUT2D eigenvalue weighted by atomic mass is 127. The number of carbonyl (C=O) groups excluding carboxylic acids is 1. The summed E-state index contributed by atoms with van der Waals surface area (Å²) in [6.45, 7) is 12.2. The van der Waals surface area contributed by atoms with E-state index in [1.54, 1.807) is 6.92 Å². The summed E-state index contributed by atoms with van der Waals surface area (Å²) in [4.78, 5) is 23.1. The van der Waals surface area contributed by atoms with Crippen LogP contribution in [0.3, 0.4) is 0 Å². The first-order chi connectivity index (χ1) is 13.7. The van der Waals surface area contributed by atoms with E-state index in [0.29, 0.717) is 5.92 Å². The van der Waals surface area contributed by atoms with Crippen LogP contribution in [0.25, 0.3) is 0 Å². The zero-order valence-corrected chi connectivity index (χ0v) is 20.2. The van der Waals surface area contributed by atoms with Crippen molar-refractivity contribution >= 4 is 35.8 Å². The van der Waals surface area contributed by atoms with Crippen molar-refractivity contribution in [1.82, 2.24) is 20.0 Å². The van der Waals surface area contributed by atoms with Crippen molar-refractivity contribution < 1.29 is 4.79 Å². The molecule has 7 heteroatoms. The van der Waals surface area contributed by atoms with Crippen molar-refractivity contribution in [2.24, 2.45) is 10.9 Å². The maximum absolute atomic E-state index is 11.4. The summed E-state index contributed by atoms with van der Waals surface area (Å²) in [6.07, 6.45) is 2.38. The second-order valence-corrected chi connectivity index (χ2v) is 7.87. The van der Waals surface area contributed by atoms with Crippen molar-refractivity contribution in [3.05, 3.63) is 35.9 Å². The molecule has 0 saturated carbocycles. The third kappa shape index (κ3) is 7.44. The normalized spacial score (nSPS) is 20.5. The standard InChI is InChI=1S/C22H35N5O.HI/c1-3-23-22(24-10-12-25-13-15-26(16-14-25)19(2)28)27-11-9-21(18-27)17-20-7-5-4-6-8-20;/h4-8,21H,3,9-18H2,1-2H3,(H,23,24);1H. The van der Waals surface area contributed by atoms with E-state index in [0.717, 1.165) is 71.3 Å². The smallest absolute Gasteiger partial charge is 0.219 e. The van der Waals surface area contributed by atoms with Crippen LogP contribution in [0.4, 0.5) is 0 Å². The molecule has 0 bridgehead atoms. The Balaban J connectivity index is 0.00000300. The van der Waals surface area contributed by atoms with Gasteiger partial charge in [-0.05, 0) is 31.2 Å². The van der Waals surface area contributed by atoms with Crippen molar-refractivity contribution in [2.45, 2.75) is 26.7 Å². The molecule has 2 aliphatic rings. The molecule has 29 heavy (non-hydrogen) atoms. The first-order valence-corrected chi connectivity index (χ1v) is 10.7. The molecule has 0 aromatic heterocycles. The predicted molar refractivity (Wildman–Crippen MR) is 130 cm³/mol. The fourth-order valence-electron chi connectivity index (χ4n) is 4.15. The molecule has 0 aliphatic carbocycles. The minimum absolute atomic E-state index is 0. The molecule has 2 fully saturated rings. The van der Waals surface area contributed by atoms with Gasteiger partial charge in [0.05, 0.1) is 6.54 Å². The highest BCUT2D eigenvalue weighted by Gasteiger charge is 2.25. The van der Waals surface area contributed by atoms with Gasteiger partial charge in [-0.25, -0.2) is 0 Å². The average Bonchev–Trinajstić information content (AvgIpc) is 3.17. The number of piperazine rings is 1. The van der Waals surface area contributed by atoms with Crippen LogP contribution < -0.4 is 5.32 Å². The minimum Gasteiger partial charge on any atom is -0.357 e. The number of benzene rings is 1. The first kappa shape index (κ1) is 23.9. The Hall–Kier alpha value is -1.35. The second kappa shape index (κ2) is 12.4. The summed E-state index contributed by atoms with van der Waals surface area (Å²) >= 11 is 0. The van der Waals surface area contributed by atoms with Gasteiger partial charge < -0.3 is 15.1 Å². The topological polar surface area (TPSA) is 51.2 Å². The van der Waals surface area contributed by atoms with Crippen LogP contribution in [0.15, 0.2) is 35.3 Å². The van der Waals surface area contributed by atoms with E-state index < -0.39 is 0 Å². The van der Waals surface area contributed by atoms with Crippen LogP contribution in [0.2, 0.25) is 0 Å². The van der Waals surface area contributed by atoms with Gasteiger partial charge in [0, 0.05) is 59.3 Å². The molecule has 6 nitrogen and oxygen atoms in total. The van der Waals surface area contributed by atoms with Crippen molar-refractivity contribution in [1.29, 1.82) is 0 Å². The summed E-state index contributed by atoms with van der Waals surface area (Å²) in [5.74, 6) is 1.94. The number of aliphatic imine (C=N–C) groups is 1. The summed E-state index contributed by atoms with van der Waals surface area (Å²) in [5.41, 5.74) is 1.43. The second-order valence-electron chi connectivity index (χ2n) is 7.87. The number of carbonyl (C=O) groups is 1. The van der Waals surface area contributed by atoms with Crippen LogP contribution in [0, 0.1) is 5.92 Å². The Bertz CT molecular complexity index is 646. The lowest BCUT2D eigenvalue weighted by Gasteiger charge is -2.33. The molecular weight excluding hydrogens is 477 g/mol. The maximum atomic E-state index is 11.4. The molecule has 162 valence electrons. The largest absolute Gasteiger partial charge is 0.357 e. The number of amides is 1. The molecule has 2 heterocycles. The molecular formula is C22H36IN5O. The summed E-state index contributed by atoms with van der Waals surface area (Å²) in [5, 5.41) is 3.47. The van der Waals surface area contributed by atoms with E-state index in [1.807, 2.05) is 4.90 Å². The van der Waals surface area contributed by atoms with E-state index in [4.69, 9.17) is 4.99 Å². The highest BCUT2D eigenvalue weighted by molar-refractivity contribution is 14.0. The van der Waals surface area contributed by atoms with Gasteiger partial charge in [-0.15, -0.1) is 24.0 Å². The molecule has 3 rings (SSSR count). The average molecular weight is 513 g/mol. The van der Waals surface area contributed by atoms with Gasteiger partial charge in [0.15, 0.2) is 5.96 Å². The van der Waals surface area contributed by atoms with Crippen molar-refractivity contribution in [2.75, 3.05) is 58.9 Å². The Morgan fingerprint density at radius 3 is 2.48 bits per heavy atom. The monoisotopic (exact) mass is 513 g/mol. The lowest BCUT2D eigenvalue weighted by Crippen LogP contribution is -2.48. The van der Waals surface area contributed by atoms with E-state index >= 15 is 0 Å². The molecule has 1 aromatic rings. The number of halogens is 1. The fourth-order valence-corrected chi connectivity index (χ4v) is 4.15. The molecule has 2 saturated heterocycles. The Morgan fingerprint density at radius 1 is 1.10 bits per heavy atom. The third-order valence-corrected chi connectivity index (χ3v) is 5.78. The zero-order valence-electron chi connectivity index (χ0n) is 17.8. The van der Waals surface area contributed by atoms with Crippen molar-refractivity contribution in [3.8, 4) is 0 Å². The molecule has 0 spiro atoms. The first-order valence-electron chi connectivity index (χ1n) is 10.7. The number of hydrogen-bond acceptors (Lipinski definition) is 3. The van der Waals surface area contributed by atoms with Gasteiger partial charge in [-0.3, -0.25) is 14.7 Å². The number of guanidine groups is 1. The third-order valence-electron chi connectivity index (χ3n) is 5.78. The lowest BCUT2D eigenvalue weighted by molar-refractivity contribution is -0.130. The number of nitrogens with zero attached hydrogens (tertiary/aromatic N) is 4. The van der Waals surface area contributed by atoms with Gasteiger partial charge in [-0.2, -0.15) is 0 Å². The number of hydrogen-bond donors (Lipinski definition) is 1. The van der Waals surface area contributed by atoms with Crippen LogP contribution in [-0.4, -0.2) is 85.5 Å². The van der Waals surface area contributed by atoms with Crippen LogP contribution >= 0.6 is 24.0 Å². The van der Waals surface area contributed by atoms with Crippen LogP contribution in [0.1, 0.15) is 25.8 Å². The summed E-state index contributed by atoms with van der Waals surface area (Å²) in [7, 11) is 0. The van der Waals surface area contributed by atoms with Gasteiger partial charge >= 0.3 is 0 Å². The number of rotatable bonds is 6. The molecule has 2 aliphatic heterocycles. The van der Waals surface area contributed by atoms with E-state index in [2.05, 4.69) is 52.4 Å². The summed E-state index contributed by atoms with van der Waals surface area (Å²) in [6, 6.07) is 10.8. The van der Waals surface area contributed by atoms with Crippen LogP contribution in [0.5, 0.6) is 0 Å². The van der Waals surface area contributed by atoms with Crippen LogP contribution in [-0.2, 0) is 11.2 Å². The van der Waals surface area contributed by atoms with Crippen molar-refractivity contribution in [3.63, 3.8) is 0 Å². The predicted octanol–water partition coefficient (Wildman–Crippen LogP) is 2.30. The Morgan fingerprint density at radius 2 is 1.83 bits per heavy atom. The lowest BCUT2D eigenvalue weighted by atomic mass is 9.99. The SMILES string of the molecule is CCNC(=NCCN1CCN(C(C)=O)CC1)N1CCC(Cc2ccccc2)C1.I.